The second kappa shape index (κ2) is 6.81. The van der Waals surface area contributed by atoms with Crippen molar-refractivity contribution in [3.05, 3.63) is 40.5 Å². The van der Waals surface area contributed by atoms with Crippen LogP contribution in [0, 0.1) is 5.92 Å². The van der Waals surface area contributed by atoms with Crippen LogP contribution in [0.5, 0.6) is 0 Å². The molecule has 2 aromatic rings. The Morgan fingerprint density at radius 2 is 2.25 bits per heavy atom. The molecule has 106 valence electrons. The molecule has 4 nitrogen and oxygen atoms in total. The van der Waals surface area contributed by atoms with E-state index in [4.69, 9.17) is 10.5 Å². The molecule has 0 saturated heterocycles. The summed E-state index contributed by atoms with van der Waals surface area (Å²) < 4.78 is 6.04. The number of benzene rings is 1. The van der Waals surface area contributed by atoms with E-state index in [0.29, 0.717) is 13.0 Å². The maximum atomic E-state index is 11.8. The van der Waals surface area contributed by atoms with Crippen LogP contribution in [0.1, 0.15) is 12.5 Å². The molecule has 2 N–H and O–H groups in total. The van der Waals surface area contributed by atoms with Gasteiger partial charge in [0.05, 0.1) is 18.0 Å². The summed E-state index contributed by atoms with van der Waals surface area (Å²) in [6.45, 7) is 2.43. The summed E-state index contributed by atoms with van der Waals surface area (Å²) in [6.07, 6.45) is 2.29. The van der Waals surface area contributed by atoms with E-state index in [9.17, 15) is 4.79 Å². The number of aromatic nitrogens is 1. The number of esters is 1. The van der Waals surface area contributed by atoms with Crippen LogP contribution in [-0.2, 0) is 16.0 Å². The zero-order valence-electron chi connectivity index (χ0n) is 11.3. The molecule has 0 amide bonds. The van der Waals surface area contributed by atoms with Gasteiger partial charge in [-0.15, -0.1) is 0 Å². The third-order valence-electron chi connectivity index (χ3n) is 3.17. The van der Waals surface area contributed by atoms with Crippen molar-refractivity contribution < 1.29 is 9.53 Å². The van der Waals surface area contributed by atoms with Crippen molar-refractivity contribution >= 4 is 32.8 Å². The fourth-order valence-electron chi connectivity index (χ4n) is 2.15. The molecule has 1 unspecified atom stereocenters. The van der Waals surface area contributed by atoms with Gasteiger partial charge in [-0.1, -0.05) is 28.1 Å². The second-order valence-corrected chi connectivity index (χ2v) is 5.35. The highest BCUT2D eigenvalue weighted by Gasteiger charge is 2.20. The lowest BCUT2D eigenvalue weighted by molar-refractivity contribution is -0.147. The Morgan fingerprint density at radius 1 is 1.45 bits per heavy atom. The van der Waals surface area contributed by atoms with Gasteiger partial charge in [-0.3, -0.25) is 9.78 Å². The largest absolute Gasteiger partial charge is 0.466 e. The molecule has 0 saturated carbocycles. The van der Waals surface area contributed by atoms with Crippen molar-refractivity contribution in [2.75, 3.05) is 13.2 Å². The molecule has 1 aromatic heterocycles. The molecule has 5 heteroatoms. The van der Waals surface area contributed by atoms with Crippen LogP contribution >= 0.6 is 15.9 Å². The maximum absolute atomic E-state index is 11.8. The van der Waals surface area contributed by atoms with E-state index in [1.165, 1.54) is 0 Å². The summed E-state index contributed by atoms with van der Waals surface area (Å²) in [4.78, 5) is 16.3. The molecule has 20 heavy (non-hydrogen) atoms. The van der Waals surface area contributed by atoms with Crippen molar-refractivity contribution in [1.82, 2.24) is 4.98 Å². The van der Waals surface area contributed by atoms with Gasteiger partial charge in [-0.2, -0.15) is 0 Å². The number of fused-ring (bicyclic) bond motifs is 1. The second-order valence-electron chi connectivity index (χ2n) is 4.49. The molecular formula is C15H17BrN2O2. The van der Waals surface area contributed by atoms with Crippen molar-refractivity contribution in [1.29, 1.82) is 0 Å². The molecule has 0 spiro atoms. The van der Waals surface area contributed by atoms with Crippen molar-refractivity contribution in [2.45, 2.75) is 13.3 Å². The summed E-state index contributed by atoms with van der Waals surface area (Å²) in [5.41, 5.74) is 7.60. The van der Waals surface area contributed by atoms with E-state index in [0.717, 1.165) is 20.9 Å². The van der Waals surface area contributed by atoms with E-state index >= 15 is 0 Å². The highest BCUT2D eigenvalue weighted by molar-refractivity contribution is 9.10. The Morgan fingerprint density at radius 3 is 2.95 bits per heavy atom. The molecule has 0 aliphatic heterocycles. The zero-order valence-corrected chi connectivity index (χ0v) is 12.9. The third kappa shape index (κ3) is 3.16. The number of carbonyl (C=O) groups excluding carboxylic acids is 1. The number of pyridine rings is 1. The molecule has 0 bridgehead atoms. The maximum Gasteiger partial charge on any atom is 0.310 e. The Balaban J connectivity index is 2.33. The molecule has 1 aromatic carbocycles. The number of nitrogens with zero attached hydrogens (tertiary/aromatic N) is 1. The predicted molar refractivity (Wildman–Crippen MR) is 82.3 cm³/mol. The normalized spacial score (nSPS) is 12.3. The molecular weight excluding hydrogens is 320 g/mol. The summed E-state index contributed by atoms with van der Waals surface area (Å²) in [7, 11) is 0. The standard InChI is InChI=1S/C15H17BrN2O2/c1-2-20-15(19)11(9-17)8-10-5-6-13(16)12-4-3-7-18-14(10)12/h3-7,11H,2,8-9,17H2,1H3. The molecule has 2 rings (SSSR count). The predicted octanol–water partition coefficient (Wildman–Crippen LogP) is 2.68. The number of ether oxygens (including phenoxy) is 1. The van der Waals surface area contributed by atoms with Crippen LogP contribution in [0.25, 0.3) is 10.9 Å². The highest BCUT2D eigenvalue weighted by Crippen LogP contribution is 2.26. The van der Waals surface area contributed by atoms with Crippen LogP contribution in [-0.4, -0.2) is 24.1 Å². The highest BCUT2D eigenvalue weighted by atomic mass is 79.9. The van der Waals surface area contributed by atoms with Crippen molar-refractivity contribution in [2.24, 2.45) is 11.7 Å². The van der Waals surface area contributed by atoms with Gasteiger partial charge in [0.2, 0.25) is 0 Å². The fourth-order valence-corrected chi connectivity index (χ4v) is 2.60. The lowest BCUT2D eigenvalue weighted by Crippen LogP contribution is -2.27. The zero-order chi connectivity index (χ0) is 14.5. The van der Waals surface area contributed by atoms with Crippen LogP contribution in [0.3, 0.4) is 0 Å². The Kier molecular flexibility index (Phi) is 5.09. The minimum absolute atomic E-state index is 0.248. The van der Waals surface area contributed by atoms with Crippen LogP contribution in [0.15, 0.2) is 34.9 Å². The monoisotopic (exact) mass is 336 g/mol. The van der Waals surface area contributed by atoms with Crippen molar-refractivity contribution in [3.63, 3.8) is 0 Å². The third-order valence-corrected chi connectivity index (χ3v) is 3.86. The average molecular weight is 337 g/mol. The molecule has 1 atom stereocenters. The quantitative estimate of drug-likeness (QED) is 0.852. The number of hydrogen-bond donors (Lipinski definition) is 1. The summed E-state index contributed by atoms with van der Waals surface area (Å²) in [6, 6.07) is 7.83. The fraction of sp³-hybridized carbons (Fsp3) is 0.333. The first kappa shape index (κ1) is 14.9. The minimum Gasteiger partial charge on any atom is -0.466 e. The van der Waals surface area contributed by atoms with Crippen LogP contribution in [0.4, 0.5) is 0 Å². The van der Waals surface area contributed by atoms with E-state index in [1.54, 1.807) is 13.1 Å². The van der Waals surface area contributed by atoms with Crippen molar-refractivity contribution in [3.8, 4) is 0 Å². The van der Waals surface area contributed by atoms with Gasteiger partial charge in [-0.05, 0) is 31.0 Å². The van der Waals surface area contributed by atoms with Gasteiger partial charge < -0.3 is 10.5 Å². The van der Waals surface area contributed by atoms with E-state index < -0.39 is 0 Å². The first-order valence-electron chi connectivity index (χ1n) is 6.56. The summed E-state index contributed by atoms with van der Waals surface area (Å²) in [5.74, 6) is -0.580. The molecule has 0 radical (unpaired) electrons. The van der Waals surface area contributed by atoms with E-state index in [-0.39, 0.29) is 18.4 Å². The molecule has 0 aliphatic rings. The topological polar surface area (TPSA) is 65.2 Å². The molecule has 0 fully saturated rings. The number of carbonyl (C=O) groups is 1. The Hall–Kier alpha value is -1.46. The van der Waals surface area contributed by atoms with Gasteiger partial charge >= 0.3 is 5.97 Å². The summed E-state index contributed by atoms with van der Waals surface area (Å²) in [5, 5.41) is 1.03. The Bertz CT molecular complexity index is 616. The Labute approximate surface area is 126 Å². The minimum atomic E-state index is -0.332. The number of hydrogen-bond acceptors (Lipinski definition) is 4. The number of rotatable bonds is 5. The first-order chi connectivity index (χ1) is 9.67. The van der Waals surface area contributed by atoms with Gasteiger partial charge in [-0.25, -0.2) is 0 Å². The SMILES string of the molecule is CCOC(=O)C(CN)Cc1ccc(Br)c2cccnc12. The van der Waals surface area contributed by atoms with E-state index in [1.807, 2.05) is 24.3 Å². The van der Waals surface area contributed by atoms with Gasteiger partial charge in [0.25, 0.3) is 0 Å². The smallest absolute Gasteiger partial charge is 0.310 e. The lowest BCUT2D eigenvalue weighted by Gasteiger charge is -2.14. The van der Waals surface area contributed by atoms with Crippen LogP contribution in [0.2, 0.25) is 0 Å². The van der Waals surface area contributed by atoms with Gasteiger partial charge in [0.15, 0.2) is 0 Å². The summed E-state index contributed by atoms with van der Waals surface area (Å²) >= 11 is 3.51. The first-order valence-corrected chi connectivity index (χ1v) is 7.35. The average Bonchev–Trinajstić information content (AvgIpc) is 2.47. The van der Waals surface area contributed by atoms with Crippen LogP contribution < -0.4 is 5.73 Å². The number of nitrogens with two attached hydrogens (primary N) is 1. The van der Waals surface area contributed by atoms with E-state index in [2.05, 4.69) is 20.9 Å². The van der Waals surface area contributed by atoms with Gasteiger partial charge in [0, 0.05) is 22.6 Å². The number of halogens is 1. The lowest BCUT2D eigenvalue weighted by atomic mass is 9.97. The molecule has 0 aliphatic carbocycles. The van der Waals surface area contributed by atoms with Gasteiger partial charge in [0.1, 0.15) is 0 Å². The molecule has 1 heterocycles.